The Kier molecular flexibility index (Phi) is 6.37. The first-order valence-electron chi connectivity index (χ1n) is 8.64. The SMILES string of the molecule is Cc1ccc(C(=O)NCC(=O)OCC(=O)c2c(N)n(C)c(=O)n(C)c2=O)cc1C. The Labute approximate surface area is 165 Å². The van der Waals surface area contributed by atoms with E-state index in [1.807, 2.05) is 13.8 Å². The van der Waals surface area contributed by atoms with Crippen LogP contribution in [0, 0.1) is 13.8 Å². The number of amides is 1. The van der Waals surface area contributed by atoms with Crippen molar-refractivity contribution < 1.29 is 19.1 Å². The zero-order valence-electron chi connectivity index (χ0n) is 16.6. The van der Waals surface area contributed by atoms with Crippen LogP contribution in [0.2, 0.25) is 0 Å². The number of nitrogens with one attached hydrogen (secondary N) is 1. The summed E-state index contributed by atoms with van der Waals surface area (Å²) in [6.45, 7) is 2.56. The Morgan fingerprint density at radius 3 is 2.34 bits per heavy atom. The molecule has 0 aliphatic rings. The van der Waals surface area contributed by atoms with E-state index in [2.05, 4.69) is 5.32 Å². The molecule has 0 aliphatic carbocycles. The zero-order valence-corrected chi connectivity index (χ0v) is 16.6. The van der Waals surface area contributed by atoms with Gasteiger partial charge in [0.2, 0.25) is 5.78 Å². The number of ketones is 1. The fraction of sp³-hybridized carbons (Fsp3) is 0.316. The number of rotatable bonds is 6. The molecule has 0 fully saturated rings. The van der Waals surface area contributed by atoms with E-state index in [1.165, 1.54) is 14.1 Å². The highest BCUT2D eigenvalue weighted by molar-refractivity contribution is 6.01. The fourth-order valence-corrected chi connectivity index (χ4v) is 2.53. The quantitative estimate of drug-likeness (QED) is 0.487. The van der Waals surface area contributed by atoms with E-state index in [-0.39, 0.29) is 5.82 Å². The molecule has 0 saturated heterocycles. The van der Waals surface area contributed by atoms with Gasteiger partial charge in [-0.1, -0.05) is 6.07 Å². The first kappa shape index (κ1) is 21.6. The molecule has 2 aromatic rings. The molecule has 0 spiro atoms. The zero-order chi connectivity index (χ0) is 21.9. The second-order valence-electron chi connectivity index (χ2n) is 6.53. The van der Waals surface area contributed by atoms with Crippen molar-refractivity contribution in [2.24, 2.45) is 14.1 Å². The van der Waals surface area contributed by atoms with Crippen molar-refractivity contribution in [2.75, 3.05) is 18.9 Å². The molecular weight excluding hydrogens is 380 g/mol. The first-order valence-corrected chi connectivity index (χ1v) is 8.64. The number of benzene rings is 1. The van der Waals surface area contributed by atoms with Gasteiger partial charge >= 0.3 is 11.7 Å². The number of anilines is 1. The van der Waals surface area contributed by atoms with E-state index < -0.39 is 47.6 Å². The van der Waals surface area contributed by atoms with Gasteiger partial charge in [-0.25, -0.2) is 4.79 Å². The van der Waals surface area contributed by atoms with E-state index in [4.69, 9.17) is 10.5 Å². The molecular formula is C19H22N4O6. The number of nitrogen functional groups attached to an aromatic ring is 1. The fourth-order valence-electron chi connectivity index (χ4n) is 2.53. The largest absolute Gasteiger partial charge is 0.456 e. The van der Waals surface area contributed by atoms with Crippen molar-refractivity contribution in [3.63, 3.8) is 0 Å². The van der Waals surface area contributed by atoms with Gasteiger partial charge in [0.25, 0.3) is 11.5 Å². The highest BCUT2D eigenvalue weighted by Crippen LogP contribution is 2.09. The van der Waals surface area contributed by atoms with Gasteiger partial charge in [0.15, 0.2) is 6.61 Å². The molecule has 3 N–H and O–H groups in total. The van der Waals surface area contributed by atoms with Crippen LogP contribution in [0.15, 0.2) is 27.8 Å². The number of ether oxygens (including phenoxy) is 1. The molecule has 0 saturated carbocycles. The average Bonchev–Trinajstić information content (AvgIpc) is 2.69. The van der Waals surface area contributed by atoms with Crippen molar-refractivity contribution in [3.8, 4) is 0 Å². The minimum absolute atomic E-state index is 0.317. The number of carbonyl (C=O) groups is 3. The number of hydrogen-bond donors (Lipinski definition) is 2. The summed E-state index contributed by atoms with van der Waals surface area (Å²) in [6, 6.07) is 5.11. The Morgan fingerprint density at radius 1 is 1.07 bits per heavy atom. The van der Waals surface area contributed by atoms with Crippen LogP contribution in [0.25, 0.3) is 0 Å². The summed E-state index contributed by atoms with van der Waals surface area (Å²) in [5, 5.41) is 2.40. The molecule has 0 aliphatic heterocycles. The molecule has 2 rings (SSSR count). The number of hydrogen-bond acceptors (Lipinski definition) is 7. The third-order valence-electron chi connectivity index (χ3n) is 4.52. The number of nitrogens with two attached hydrogens (primary N) is 1. The summed E-state index contributed by atoms with van der Waals surface area (Å²) in [5.41, 5.74) is 6.02. The van der Waals surface area contributed by atoms with Gasteiger partial charge in [0, 0.05) is 19.7 Å². The van der Waals surface area contributed by atoms with Gasteiger partial charge in [0.1, 0.15) is 17.9 Å². The standard InChI is InChI=1S/C19H22N4O6/c1-10-5-6-12(7-11(10)2)17(26)21-8-14(25)29-9-13(24)15-16(20)22(3)19(28)23(4)18(15)27/h5-7H,8-9,20H2,1-4H3,(H,21,26). The lowest BCUT2D eigenvalue weighted by molar-refractivity contribution is -0.141. The van der Waals surface area contributed by atoms with Crippen LogP contribution in [0.3, 0.4) is 0 Å². The molecule has 1 heterocycles. The number of carbonyl (C=O) groups excluding carboxylic acids is 3. The number of aromatic nitrogens is 2. The Balaban J connectivity index is 1.98. The van der Waals surface area contributed by atoms with Crippen LogP contribution in [-0.2, 0) is 23.6 Å². The third-order valence-corrected chi connectivity index (χ3v) is 4.52. The molecule has 10 heteroatoms. The normalized spacial score (nSPS) is 10.5. The number of Topliss-reactive ketones (excluding diaryl/α,β-unsaturated/α-hetero) is 1. The summed E-state index contributed by atoms with van der Waals surface area (Å²) >= 11 is 0. The molecule has 10 nitrogen and oxygen atoms in total. The van der Waals surface area contributed by atoms with Gasteiger partial charge in [-0.05, 0) is 37.1 Å². The lowest BCUT2D eigenvalue weighted by Crippen LogP contribution is -2.42. The van der Waals surface area contributed by atoms with Gasteiger partial charge in [0.05, 0.1) is 0 Å². The number of esters is 1. The van der Waals surface area contributed by atoms with Crippen LogP contribution in [-0.4, -0.2) is 39.9 Å². The van der Waals surface area contributed by atoms with E-state index in [0.29, 0.717) is 5.56 Å². The highest BCUT2D eigenvalue weighted by atomic mass is 16.5. The van der Waals surface area contributed by atoms with Crippen molar-refractivity contribution in [1.82, 2.24) is 14.5 Å². The van der Waals surface area contributed by atoms with Crippen molar-refractivity contribution in [2.45, 2.75) is 13.8 Å². The summed E-state index contributed by atoms with van der Waals surface area (Å²) < 4.78 is 6.49. The lowest BCUT2D eigenvalue weighted by Gasteiger charge is -2.11. The summed E-state index contributed by atoms with van der Waals surface area (Å²) in [7, 11) is 2.51. The first-order chi connectivity index (χ1) is 13.5. The molecule has 1 amide bonds. The highest BCUT2D eigenvalue weighted by Gasteiger charge is 2.21. The molecule has 0 atom stereocenters. The molecule has 0 radical (unpaired) electrons. The van der Waals surface area contributed by atoms with Gasteiger partial charge < -0.3 is 15.8 Å². The molecule has 1 aromatic heterocycles. The smallest absolute Gasteiger partial charge is 0.332 e. The summed E-state index contributed by atoms with van der Waals surface area (Å²) in [5.74, 6) is -2.50. The summed E-state index contributed by atoms with van der Waals surface area (Å²) in [4.78, 5) is 60.1. The second kappa shape index (κ2) is 8.55. The van der Waals surface area contributed by atoms with Crippen LogP contribution < -0.4 is 22.3 Å². The van der Waals surface area contributed by atoms with E-state index in [1.54, 1.807) is 18.2 Å². The second-order valence-corrected chi connectivity index (χ2v) is 6.53. The number of aryl methyl sites for hydroxylation is 2. The maximum absolute atomic E-state index is 12.3. The predicted octanol–water partition coefficient (Wildman–Crippen LogP) is -0.561. The van der Waals surface area contributed by atoms with Gasteiger partial charge in [-0.15, -0.1) is 0 Å². The van der Waals surface area contributed by atoms with Gasteiger partial charge in [-0.2, -0.15) is 0 Å². The molecule has 1 aromatic carbocycles. The van der Waals surface area contributed by atoms with Crippen LogP contribution in [0.1, 0.15) is 31.8 Å². The topological polar surface area (TPSA) is 142 Å². The average molecular weight is 402 g/mol. The maximum Gasteiger partial charge on any atom is 0.332 e. The van der Waals surface area contributed by atoms with E-state index in [0.717, 1.165) is 20.3 Å². The third kappa shape index (κ3) is 4.60. The monoisotopic (exact) mass is 402 g/mol. The minimum atomic E-state index is -0.880. The number of nitrogens with zero attached hydrogens (tertiary/aromatic N) is 2. The van der Waals surface area contributed by atoms with Crippen LogP contribution in [0.4, 0.5) is 5.82 Å². The predicted molar refractivity (Wildman–Crippen MR) is 105 cm³/mol. The van der Waals surface area contributed by atoms with Crippen molar-refractivity contribution in [1.29, 1.82) is 0 Å². The van der Waals surface area contributed by atoms with Crippen molar-refractivity contribution in [3.05, 3.63) is 61.3 Å². The summed E-state index contributed by atoms with van der Waals surface area (Å²) in [6.07, 6.45) is 0. The Morgan fingerprint density at radius 2 is 1.72 bits per heavy atom. The van der Waals surface area contributed by atoms with E-state index >= 15 is 0 Å². The molecule has 154 valence electrons. The molecule has 0 bridgehead atoms. The van der Waals surface area contributed by atoms with Gasteiger partial charge in [-0.3, -0.25) is 28.3 Å². The lowest BCUT2D eigenvalue weighted by atomic mass is 10.1. The minimum Gasteiger partial charge on any atom is -0.456 e. The molecule has 0 unspecified atom stereocenters. The molecule has 29 heavy (non-hydrogen) atoms. The maximum atomic E-state index is 12.3. The van der Waals surface area contributed by atoms with E-state index in [9.17, 15) is 24.0 Å². The van der Waals surface area contributed by atoms with Crippen LogP contribution in [0.5, 0.6) is 0 Å². The Hall–Kier alpha value is -3.69. The Bertz CT molecular complexity index is 1110. The van der Waals surface area contributed by atoms with Crippen LogP contribution >= 0.6 is 0 Å². The van der Waals surface area contributed by atoms with Crippen molar-refractivity contribution >= 4 is 23.5 Å².